The van der Waals surface area contributed by atoms with Crippen molar-refractivity contribution in [3.63, 3.8) is 0 Å². The lowest BCUT2D eigenvalue weighted by Crippen LogP contribution is -2.55. The molecule has 0 radical (unpaired) electrons. The van der Waals surface area contributed by atoms with Crippen LogP contribution in [-0.2, 0) is 13.0 Å². The second-order valence-electron chi connectivity index (χ2n) is 6.90. The molecule has 1 fully saturated rings. The lowest BCUT2D eigenvalue weighted by Gasteiger charge is -2.47. The molecule has 1 heterocycles. The zero-order chi connectivity index (χ0) is 14.0. The van der Waals surface area contributed by atoms with Gasteiger partial charge in [-0.3, -0.25) is 4.90 Å². The van der Waals surface area contributed by atoms with E-state index in [1.165, 1.54) is 50.6 Å². The summed E-state index contributed by atoms with van der Waals surface area (Å²) in [5.41, 5.74) is 9.58. The van der Waals surface area contributed by atoms with Crippen molar-refractivity contribution >= 4 is 0 Å². The SMILES string of the molecule is CC1CCC(CN)(N2CCCc3ccccc3C2)CC1. The molecule has 1 saturated carbocycles. The van der Waals surface area contributed by atoms with Gasteiger partial charge in [0.1, 0.15) is 0 Å². The fourth-order valence-electron chi connectivity index (χ4n) is 4.05. The molecule has 2 N–H and O–H groups in total. The van der Waals surface area contributed by atoms with Crippen LogP contribution in [0.15, 0.2) is 24.3 Å². The molecular formula is C18H28N2. The summed E-state index contributed by atoms with van der Waals surface area (Å²) in [5.74, 6) is 0.883. The van der Waals surface area contributed by atoms with Crippen LogP contribution in [0.25, 0.3) is 0 Å². The predicted octanol–water partition coefficient (Wildman–Crippen LogP) is 3.34. The second-order valence-corrected chi connectivity index (χ2v) is 6.90. The summed E-state index contributed by atoms with van der Waals surface area (Å²) in [4.78, 5) is 2.71. The summed E-state index contributed by atoms with van der Waals surface area (Å²) in [6.07, 6.45) is 7.75. The average molecular weight is 272 g/mol. The van der Waals surface area contributed by atoms with Crippen molar-refractivity contribution in [3.8, 4) is 0 Å². The van der Waals surface area contributed by atoms with E-state index in [9.17, 15) is 0 Å². The van der Waals surface area contributed by atoms with Gasteiger partial charge in [-0.05, 0) is 62.1 Å². The highest BCUT2D eigenvalue weighted by Crippen LogP contribution is 2.37. The maximum Gasteiger partial charge on any atom is 0.0335 e. The van der Waals surface area contributed by atoms with Gasteiger partial charge in [0.25, 0.3) is 0 Å². The third kappa shape index (κ3) is 2.64. The largest absolute Gasteiger partial charge is 0.329 e. The van der Waals surface area contributed by atoms with E-state index in [4.69, 9.17) is 5.73 Å². The van der Waals surface area contributed by atoms with Gasteiger partial charge in [-0.2, -0.15) is 0 Å². The van der Waals surface area contributed by atoms with Crippen LogP contribution in [0, 0.1) is 5.92 Å². The Balaban J connectivity index is 1.82. The number of aryl methyl sites for hydroxylation is 1. The summed E-state index contributed by atoms with van der Waals surface area (Å²) in [6.45, 7) is 5.52. The Bertz CT molecular complexity index is 446. The van der Waals surface area contributed by atoms with E-state index < -0.39 is 0 Å². The van der Waals surface area contributed by atoms with Crippen molar-refractivity contribution in [1.29, 1.82) is 0 Å². The van der Waals surface area contributed by atoms with Crippen molar-refractivity contribution in [3.05, 3.63) is 35.4 Å². The lowest BCUT2D eigenvalue weighted by atomic mass is 9.76. The molecule has 0 atom stereocenters. The fourth-order valence-corrected chi connectivity index (χ4v) is 4.05. The molecule has 3 rings (SSSR count). The van der Waals surface area contributed by atoms with E-state index in [0.29, 0.717) is 0 Å². The number of nitrogens with two attached hydrogens (primary N) is 1. The van der Waals surface area contributed by atoms with Gasteiger partial charge >= 0.3 is 0 Å². The van der Waals surface area contributed by atoms with Crippen LogP contribution in [0.3, 0.4) is 0 Å². The zero-order valence-electron chi connectivity index (χ0n) is 12.8. The number of fused-ring (bicyclic) bond motifs is 1. The van der Waals surface area contributed by atoms with Crippen molar-refractivity contribution in [2.45, 2.75) is 57.5 Å². The third-order valence-electron chi connectivity index (χ3n) is 5.61. The topological polar surface area (TPSA) is 29.3 Å². The monoisotopic (exact) mass is 272 g/mol. The van der Waals surface area contributed by atoms with E-state index in [0.717, 1.165) is 19.0 Å². The number of hydrogen-bond acceptors (Lipinski definition) is 2. The Morgan fingerprint density at radius 3 is 2.60 bits per heavy atom. The first-order valence-corrected chi connectivity index (χ1v) is 8.25. The first kappa shape index (κ1) is 14.1. The summed E-state index contributed by atoms with van der Waals surface area (Å²) in [7, 11) is 0. The third-order valence-corrected chi connectivity index (χ3v) is 5.61. The quantitative estimate of drug-likeness (QED) is 0.894. The van der Waals surface area contributed by atoms with E-state index in [1.807, 2.05) is 0 Å². The molecular weight excluding hydrogens is 244 g/mol. The first-order chi connectivity index (χ1) is 9.73. The maximum absolute atomic E-state index is 6.24. The van der Waals surface area contributed by atoms with Crippen LogP contribution in [0.2, 0.25) is 0 Å². The Morgan fingerprint density at radius 1 is 1.20 bits per heavy atom. The summed E-state index contributed by atoms with van der Waals surface area (Å²) in [6, 6.07) is 8.97. The molecule has 2 nitrogen and oxygen atoms in total. The van der Waals surface area contributed by atoms with Crippen LogP contribution in [0.4, 0.5) is 0 Å². The molecule has 0 amide bonds. The Kier molecular flexibility index (Phi) is 4.13. The number of benzene rings is 1. The second kappa shape index (κ2) is 5.87. The molecule has 0 saturated heterocycles. The highest BCUT2D eigenvalue weighted by molar-refractivity contribution is 5.28. The maximum atomic E-state index is 6.24. The molecule has 1 aliphatic carbocycles. The Labute approximate surface area is 123 Å². The average Bonchev–Trinajstić information content (AvgIpc) is 2.71. The highest BCUT2D eigenvalue weighted by Gasteiger charge is 2.38. The standard InChI is InChI=1S/C18H28N2/c1-15-8-10-18(14-19,11-9-15)20-12-4-7-16-5-2-3-6-17(16)13-20/h2-3,5-6,15H,4,7-14,19H2,1H3. The lowest BCUT2D eigenvalue weighted by molar-refractivity contribution is 0.0390. The molecule has 20 heavy (non-hydrogen) atoms. The normalized spacial score (nSPS) is 31.6. The van der Waals surface area contributed by atoms with Crippen molar-refractivity contribution in [2.75, 3.05) is 13.1 Å². The molecule has 2 heteroatoms. The van der Waals surface area contributed by atoms with Gasteiger partial charge in [0, 0.05) is 18.6 Å². The van der Waals surface area contributed by atoms with Crippen LogP contribution in [0.1, 0.15) is 50.2 Å². The minimum atomic E-state index is 0.268. The van der Waals surface area contributed by atoms with Gasteiger partial charge in [0.05, 0.1) is 0 Å². The molecule has 1 aliphatic heterocycles. The molecule has 0 aromatic heterocycles. The summed E-state index contributed by atoms with van der Waals surface area (Å²) in [5, 5.41) is 0. The molecule has 0 spiro atoms. The van der Waals surface area contributed by atoms with Crippen molar-refractivity contribution < 1.29 is 0 Å². The van der Waals surface area contributed by atoms with Crippen LogP contribution < -0.4 is 5.73 Å². The number of rotatable bonds is 2. The number of nitrogens with zero attached hydrogens (tertiary/aromatic N) is 1. The molecule has 2 aliphatic rings. The van der Waals surface area contributed by atoms with Gasteiger partial charge < -0.3 is 5.73 Å². The van der Waals surface area contributed by atoms with Gasteiger partial charge in [0.2, 0.25) is 0 Å². The molecule has 0 unspecified atom stereocenters. The van der Waals surface area contributed by atoms with Crippen LogP contribution >= 0.6 is 0 Å². The molecule has 1 aromatic rings. The van der Waals surface area contributed by atoms with Gasteiger partial charge in [0.15, 0.2) is 0 Å². The van der Waals surface area contributed by atoms with Gasteiger partial charge in [-0.1, -0.05) is 31.2 Å². The minimum absolute atomic E-state index is 0.268. The summed E-state index contributed by atoms with van der Waals surface area (Å²) >= 11 is 0. The highest BCUT2D eigenvalue weighted by atomic mass is 15.2. The Hall–Kier alpha value is -0.860. The first-order valence-electron chi connectivity index (χ1n) is 8.25. The minimum Gasteiger partial charge on any atom is -0.329 e. The molecule has 110 valence electrons. The zero-order valence-corrected chi connectivity index (χ0v) is 12.8. The van der Waals surface area contributed by atoms with Gasteiger partial charge in [-0.15, -0.1) is 0 Å². The number of hydrogen-bond donors (Lipinski definition) is 1. The van der Waals surface area contributed by atoms with E-state index in [2.05, 4.69) is 36.1 Å². The smallest absolute Gasteiger partial charge is 0.0335 e. The fraction of sp³-hybridized carbons (Fsp3) is 0.667. The van der Waals surface area contributed by atoms with E-state index >= 15 is 0 Å². The predicted molar refractivity (Wildman–Crippen MR) is 84.6 cm³/mol. The van der Waals surface area contributed by atoms with Crippen LogP contribution in [0.5, 0.6) is 0 Å². The van der Waals surface area contributed by atoms with E-state index in [1.54, 1.807) is 5.56 Å². The van der Waals surface area contributed by atoms with Crippen molar-refractivity contribution in [1.82, 2.24) is 4.90 Å². The van der Waals surface area contributed by atoms with Gasteiger partial charge in [-0.25, -0.2) is 0 Å². The van der Waals surface area contributed by atoms with E-state index in [-0.39, 0.29) is 5.54 Å². The molecule has 0 bridgehead atoms. The van der Waals surface area contributed by atoms with Crippen LogP contribution in [-0.4, -0.2) is 23.5 Å². The molecule has 1 aromatic carbocycles. The van der Waals surface area contributed by atoms with Crippen molar-refractivity contribution in [2.24, 2.45) is 11.7 Å². The Morgan fingerprint density at radius 2 is 1.90 bits per heavy atom. The summed E-state index contributed by atoms with van der Waals surface area (Å²) < 4.78 is 0.